The van der Waals surface area contributed by atoms with E-state index in [2.05, 4.69) is 20.6 Å². The van der Waals surface area contributed by atoms with Gasteiger partial charge in [0.1, 0.15) is 22.7 Å². The Balaban J connectivity index is 1.55. The van der Waals surface area contributed by atoms with Crippen molar-refractivity contribution < 1.29 is 27.3 Å². The van der Waals surface area contributed by atoms with Crippen molar-refractivity contribution in [2.45, 2.75) is 12.4 Å². The van der Waals surface area contributed by atoms with Gasteiger partial charge >= 0.3 is 0 Å². The van der Waals surface area contributed by atoms with Crippen molar-refractivity contribution in [2.75, 3.05) is 24.3 Å². The van der Waals surface area contributed by atoms with Crippen LogP contribution in [-0.2, 0) is 9.53 Å². The van der Waals surface area contributed by atoms with Gasteiger partial charge in [-0.3, -0.25) is 9.59 Å². The molecule has 1 aliphatic heterocycles. The second-order valence-corrected chi connectivity index (χ2v) is 8.04. The molecule has 2 aromatic heterocycles. The molecule has 0 fully saturated rings. The second kappa shape index (κ2) is 8.48. The van der Waals surface area contributed by atoms with Gasteiger partial charge in [-0.1, -0.05) is 29.8 Å². The zero-order valence-corrected chi connectivity index (χ0v) is 18.2. The number of rotatable bonds is 6. The quantitative estimate of drug-likeness (QED) is 0.334. The number of para-hydroxylation sites is 1. The molecule has 0 aliphatic carbocycles. The van der Waals surface area contributed by atoms with Crippen LogP contribution in [0.4, 0.5) is 11.4 Å². The first kappa shape index (κ1) is 15.9. The van der Waals surface area contributed by atoms with Gasteiger partial charge in [0.2, 0.25) is 0 Å². The number of ketones is 1. The van der Waals surface area contributed by atoms with E-state index in [4.69, 9.17) is 29.3 Å². The van der Waals surface area contributed by atoms with Crippen molar-refractivity contribution in [1.82, 2.24) is 9.97 Å². The largest absolute Gasteiger partial charge is 0.457 e. The van der Waals surface area contributed by atoms with E-state index in [1.807, 2.05) is 18.2 Å². The summed E-state index contributed by atoms with van der Waals surface area (Å²) < 4.78 is 56.7. The van der Waals surface area contributed by atoms with E-state index in [-0.39, 0.29) is 38.6 Å². The summed E-state index contributed by atoms with van der Waals surface area (Å²) in [5.74, 6) is -0.562. The van der Waals surface area contributed by atoms with Crippen LogP contribution in [0.3, 0.4) is 0 Å². The van der Waals surface area contributed by atoms with Crippen molar-refractivity contribution in [3.05, 3.63) is 77.1 Å². The highest BCUT2D eigenvalue weighted by Crippen LogP contribution is 2.39. The normalized spacial score (nSPS) is 20.4. The molecule has 1 aliphatic rings. The van der Waals surface area contributed by atoms with Crippen molar-refractivity contribution in [3.63, 3.8) is 0 Å². The molecule has 172 valence electrons. The molecular weight excluding hydrogens is 456 g/mol. The fraction of sp³-hybridized carbons (Fsp3) is 0.160. The summed E-state index contributed by atoms with van der Waals surface area (Å²) >= 11 is 6.47. The number of H-pyrrole nitrogens is 1. The molecule has 8 nitrogen and oxygen atoms in total. The number of methoxy groups -OCH3 is 1. The molecular formula is C25H21ClN4O4. The summed E-state index contributed by atoms with van der Waals surface area (Å²) in [6, 6.07) is 13.6. The van der Waals surface area contributed by atoms with E-state index in [1.165, 1.54) is 24.5 Å². The predicted molar refractivity (Wildman–Crippen MR) is 130 cm³/mol. The average Bonchev–Trinajstić information content (AvgIpc) is 3.31. The number of carbonyl (C=O) groups excluding carboxylic acids is 2. The van der Waals surface area contributed by atoms with E-state index in [0.717, 1.165) is 0 Å². The zero-order valence-electron chi connectivity index (χ0n) is 23.4. The molecule has 0 unspecified atom stereocenters. The molecule has 1 amide bonds. The standard InChI is InChI=1S/C25H21ClN4O4/c1-25(13-33-2)24(32)29-19-12-28-23-20(21(19)30-25)17(11-27-23)22(31)16-9-8-15(10-18(16)26)34-14-6-4-3-5-7-14/h3-12,30H,13H2,1-2H3,(H,27,28)(H,29,32)/t25-/m0/s1/i1D3,2D3. The van der Waals surface area contributed by atoms with E-state index < -0.39 is 37.7 Å². The number of hydrogen-bond donors (Lipinski definition) is 3. The molecule has 3 heterocycles. The predicted octanol–water partition coefficient (Wildman–Crippen LogP) is 5.01. The van der Waals surface area contributed by atoms with Gasteiger partial charge in [-0.15, -0.1) is 0 Å². The molecule has 9 heteroatoms. The molecule has 0 saturated heterocycles. The maximum Gasteiger partial charge on any atom is 0.252 e. The maximum absolute atomic E-state index is 13.7. The highest BCUT2D eigenvalue weighted by atomic mass is 35.5. The van der Waals surface area contributed by atoms with Gasteiger partial charge in [-0.25, -0.2) is 4.98 Å². The van der Waals surface area contributed by atoms with Gasteiger partial charge < -0.3 is 25.1 Å². The average molecular weight is 483 g/mol. The van der Waals surface area contributed by atoms with Crippen LogP contribution in [0.1, 0.15) is 31.0 Å². The summed E-state index contributed by atoms with van der Waals surface area (Å²) in [5.41, 5.74) is -1.90. The molecule has 0 saturated carbocycles. The number of pyridine rings is 1. The topological polar surface area (TPSA) is 105 Å². The number of nitrogens with one attached hydrogen (secondary N) is 3. The van der Waals surface area contributed by atoms with Crippen molar-refractivity contribution in [2.24, 2.45) is 0 Å². The molecule has 0 radical (unpaired) electrons. The lowest BCUT2D eigenvalue weighted by atomic mass is 9.96. The van der Waals surface area contributed by atoms with Crippen LogP contribution in [-0.4, -0.2) is 40.8 Å². The van der Waals surface area contributed by atoms with Gasteiger partial charge in [0.25, 0.3) is 5.91 Å². The first-order chi connectivity index (χ1) is 18.8. The molecule has 0 spiro atoms. The van der Waals surface area contributed by atoms with Gasteiger partial charge in [0.05, 0.1) is 44.3 Å². The molecule has 0 bridgehead atoms. The van der Waals surface area contributed by atoms with Crippen molar-refractivity contribution in [3.8, 4) is 11.5 Å². The fourth-order valence-corrected chi connectivity index (χ4v) is 3.98. The Morgan fingerprint density at radius 3 is 2.79 bits per heavy atom. The summed E-state index contributed by atoms with van der Waals surface area (Å²) in [7, 11) is -2.96. The van der Waals surface area contributed by atoms with Crippen LogP contribution in [0.25, 0.3) is 11.0 Å². The minimum Gasteiger partial charge on any atom is -0.457 e. The summed E-state index contributed by atoms with van der Waals surface area (Å²) in [6.45, 7) is -4.05. The minimum atomic E-state index is -3.05. The number of carbonyl (C=O) groups is 2. The monoisotopic (exact) mass is 482 g/mol. The van der Waals surface area contributed by atoms with Gasteiger partial charge in [-0.05, 0) is 31.1 Å². The van der Waals surface area contributed by atoms with Crippen molar-refractivity contribution >= 4 is 45.7 Å². The Labute approximate surface area is 208 Å². The number of benzene rings is 2. The van der Waals surface area contributed by atoms with Crippen LogP contribution in [0.2, 0.25) is 5.02 Å². The van der Waals surface area contributed by atoms with Gasteiger partial charge in [0, 0.05) is 29.0 Å². The number of aromatic amines is 1. The third-order valence-electron chi connectivity index (χ3n) is 5.37. The summed E-state index contributed by atoms with van der Waals surface area (Å²) in [6.07, 6.45) is 2.67. The first-order valence-corrected chi connectivity index (χ1v) is 10.5. The number of hydrogen-bond acceptors (Lipinski definition) is 6. The van der Waals surface area contributed by atoms with E-state index in [1.54, 1.807) is 18.2 Å². The number of nitrogens with zero attached hydrogens (tertiary/aromatic N) is 1. The number of halogens is 1. The lowest BCUT2D eigenvalue weighted by Crippen LogP contribution is -2.53. The summed E-state index contributed by atoms with van der Waals surface area (Å²) in [5, 5.41) is 5.43. The molecule has 3 N–H and O–H groups in total. The third-order valence-corrected chi connectivity index (χ3v) is 5.69. The van der Waals surface area contributed by atoms with E-state index >= 15 is 0 Å². The highest BCUT2D eigenvalue weighted by molar-refractivity contribution is 6.36. The second-order valence-electron chi connectivity index (χ2n) is 7.63. The van der Waals surface area contributed by atoms with E-state index in [0.29, 0.717) is 11.5 Å². The van der Waals surface area contributed by atoms with Crippen LogP contribution in [0, 0.1) is 0 Å². The Morgan fingerprint density at radius 1 is 1.18 bits per heavy atom. The molecule has 1 atom stereocenters. The Kier molecular flexibility index (Phi) is 3.96. The van der Waals surface area contributed by atoms with Crippen LogP contribution in [0.5, 0.6) is 11.5 Å². The SMILES string of the molecule is [2H]C([2H])([2H])OC[C@]1(C([2H])([2H])[2H])Nc2c(cnc3[nH]cc(C(=O)c4ccc(Oc5ccccc5)cc4Cl)c23)NC1=O. The van der Waals surface area contributed by atoms with Gasteiger partial charge in [-0.2, -0.15) is 0 Å². The highest BCUT2D eigenvalue weighted by Gasteiger charge is 2.39. The molecule has 5 rings (SSSR count). The lowest BCUT2D eigenvalue weighted by molar-refractivity contribution is -0.121. The first-order valence-electron chi connectivity index (χ1n) is 13.1. The number of aromatic nitrogens is 2. The smallest absolute Gasteiger partial charge is 0.252 e. The zero-order chi connectivity index (χ0) is 28.9. The van der Waals surface area contributed by atoms with Crippen molar-refractivity contribution in [1.29, 1.82) is 0 Å². The molecule has 2 aromatic carbocycles. The Hall–Kier alpha value is -3.88. The Bertz CT molecular complexity index is 1620. The van der Waals surface area contributed by atoms with E-state index in [9.17, 15) is 9.59 Å². The Morgan fingerprint density at radius 2 is 2.03 bits per heavy atom. The van der Waals surface area contributed by atoms with Crippen LogP contribution in [0.15, 0.2) is 60.9 Å². The number of ether oxygens (including phenoxy) is 2. The molecule has 34 heavy (non-hydrogen) atoms. The number of anilines is 2. The number of fused-ring (bicyclic) bond motifs is 3. The fourth-order valence-electron chi connectivity index (χ4n) is 3.72. The van der Waals surface area contributed by atoms with Crippen LogP contribution >= 0.6 is 11.6 Å². The molecule has 4 aromatic rings. The van der Waals surface area contributed by atoms with Gasteiger partial charge in [0.15, 0.2) is 5.78 Å². The maximum atomic E-state index is 13.7. The number of amides is 1. The van der Waals surface area contributed by atoms with Crippen LogP contribution < -0.4 is 15.4 Å². The summed E-state index contributed by atoms with van der Waals surface area (Å²) in [4.78, 5) is 33.8. The third kappa shape index (κ3) is 3.76. The lowest BCUT2D eigenvalue weighted by Gasteiger charge is -2.35. The minimum absolute atomic E-state index is 0.0552.